The third-order valence-corrected chi connectivity index (χ3v) is 4.58. The van der Waals surface area contributed by atoms with Crippen LogP contribution in [0.4, 0.5) is 10.5 Å². The Morgan fingerprint density at radius 3 is 2.81 bits per heavy atom. The number of carboxylic acid groups (broad SMARTS) is 1. The van der Waals surface area contributed by atoms with E-state index in [-0.39, 0.29) is 24.7 Å². The number of rotatable bonds is 7. The van der Waals surface area contributed by atoms with Crippen LogP contribution >= 0.6 is 0 Å². The first-order chi connectivity index (χ1) is 12.5. The summed E-state index contributed by atoms with van der Waals surface area (Å²) in [4.78, 5) is 25.0. The van der Waals surface area contributed by atoms with E-state index in [0.29, 0.717) is 12.2 Å². The van der Waals surface area contributed by atoms with Gasteiger partial charge in [-0.05, 0) is 43.7 Å². The number of carboxylic acids is 1. The van der Waals surface area contributed by atoms with Gasteiger partial charge in [0, 0.05) is 30.2 Å². The Morgan fingerprint density at radius 1 is 1.35 bits per heavy atom. The maximum Gasteiger partial charge on any atom is 0.319 e. The van der Waals surface area contributed by atoms with Crippen LogP contribution in [0.3, 0.4) is 0 Å². The highest BCUT2D eigenvalue weighted by atomic mass is 16.4. The lowest BCUT2D eigenvalue weighted by Gasteiger charge is -2.42. The first-order valence-corrected chi connectivity index (χ1v) is 8.68. The van der Waals surface area contributed by atoms with Crippen LogP contribution in [0.25, 0.3) is 5.69 Å². The Balaban J connectivity index is 1.48. The highest BCUT2D eigenvalue weighted by Crippen LogP contribution is 2.25. The molecule has 138 valence electrons. The molecule has 1 fully saturated rings. The van der Waals surface area contributed by atoms with Gasteiger partial charge < -0.3 is 15.7 Å². The van der Waals surface area contributed by atoms with Crippen molar-refractivity contribution in [3.8, 4) is 5.69 Å². The normalized spacial score (nSPS) is 19.0. The number of hydrogen-bond donors (Lipinski definition) is 3. The van der Waals surface area contributed by atoms with Gasteiger partial charge in [-0.15, -0.1) is 0 Å². The van der Waals surface area contributed by atoms with Crippen LogP contribution in [-0.4, -0.2) is 57.0 Å². The van der Waals surface area contributed by atoms with Gasteiger partial charge in [0.1, 0.15) is 0 Å². The molecule has 0 spiro atoms. The number of carbonyl (C=O) groups excluding carboxylic acids is 1. The smallest absolute Gasteiger partial charge is 0.319 e. The number of nitrogens with zero attached hydrogens (tertiary/aromatic N) is 3. The van der Waals surface area contributed by atoms with Crippen molar-refractivity contribution < 1.29 is 14.7 Å². The van der Waals surface area contributed by atoms with Crippen molar-refractivity contribution in [2.24, 2.45) is 0 Å². The summed E-state index contributed by atoms with van der Waals surface area (Å²) in [6.07, 6.45) is 5.07. The van der Waals surface area contributed by atoms with E-state index in [9.17, 15) is 9.59 Å². The summed E-state index contributed by atoms with van der Waals surface area (Å²) in [5.74, 6) is -0.821. The predicted octanol–water partition coefficient (Wildman–Crippen LogP) is 1.93. The van der Waals surface area contributed by atoms with Gasteiger partial charge in [0.05, 0.1) is 12.2 Å². The molecule has 3 N–H and O–H groups in total. The molecule has 26 heavy (non-hydrogen) atoms. The van der Waals surface area contributed by atoms with E-state index in [1.165, 1.54) is 0 Å². The lowest BCUT2D eigenvalue weighted by Crippen LogP contribution is -2.55. The van der Waals surface area contributed by atoms with Crippen molar-refractivity contribution in [2.45, 2.75) is 31.8 Å². The van der Waals surface area contributed by atoms with Crippen molar-refractivity contribution in [3.05, 3.63) is 42.7 Å². The molecule has 1 saturated carbocycles. The van der Waals surface area contributed by atoms with E-state index < -0.39 is 5.97 Å². The Kier molecular flexibility index (Phi) is 5.52. The number of amides is 2. The Labute approximate surface area is 151 Å². The Morgan fingerprint density at radius 2 is 2.15 bits per heavy atom. The topological polar surface area (TPSA) is 99.5 Å². The minimum atomic E-state index is -0.821. The standard InChI is InChI=1S/C18H23N5O3/c1-2-22(12-17(24)25)16-10-14(11-16)21-18(26)20-13-5-3-6-15(9-13)23-8-4-7-19-23/h3-9,14,16H,2,10-12H2,1H3,(H,24,25)(H2,20,21,26). The van der Waals surface area contributed by atoms with Gasteiger partial charge >= 0.3 is 12.0 Å². The fourth-order valence-electron chi connectivity index (χ4n) is 3.18. The van der Waals surface area contributed by atoms with Crippen LogP contribution in [0.5, 0.6) is 0 Å². The quantitative estimate of drug-likeness (QED) is 0.703. The molecule has 1 heterocycles. The fraction of sp³-hybridized carbons (Fsp3) is 0.389. The summed E-state index contributed by atoms with van der Waals surface area (Å²) in [5, 5.41) is 18.9. The molecular formula is C18H23N5O3. The first kappa shape index (κ1) is 17.9. The van der Waals surface area contributed by atoms with Gasteiger partial charge in [-0.3, -0.25) is 9.69 Å². The molecule has 0 atom stereocenters. The average Bonchev–Trinajstić information content (AvgIpc) is 3.10. The van der Waals surface area contributed by atoms with Crippen molar-refractivity contribution in [1.82, 2.24) is 20.0 Å². The molecule has 1 aliphatic rings. The summed E-state index contributed by atoms with van der Waals surface area (Å²) in [7, 11) is 0. The molecule has 2 aromatic rings. The van der Waals surface area contributed by atoms with Crippen LogP contribution in [0.15, 0.2) is 42.7 Å². The number of nitrogens with one attached hydrogen (secondary N) is 2. The van der Waals surface area contributed by atoms with E-state index in [1.807, 2.05) is 48.4 Å². The number of benzene rings is 1. The highest BCUT2D eigenvalue weighted by Gasteiger charge is 2.34. The number of carbonyl (C=O) groups is 2. The van der Waals surface area contributed by atoms with Crippen LogP contribution in [0, 0.1) is 0 Å². The monoisotopic (exact) mass is 357 g/mol. The molecule has 8 heteroatoms. The second kappa shape index (κ2) is 8.01. The highest BCUT2D eigenvalue weighted by molar-refractivity contribution is 5.89. The molecule has 3 rings (SSSR count). The molecule has 0 unspecified atom stereocenters. The van der Waals surface area contributed by atoms with E-state index in [1.54, 1.807) is 10.9 Å². The van der Waals surface area contributed by atoms with Crippen LogP contribution in [-0.2, 0) is 4.79 Å². The molecule has 8 nitrogen and oxygen atoms in total. The Hall–Kier alpha value is -2.87. The molecule has 0 saturated heterocycles. The molecule has 1 aliphatic carbocycles. The number of urea groups is 1. The predicted molar refractivity (Wildman–Crippen MR) is 97.4 cm³/mol. The summed E-state index contributed by atoms with van der Waals surface area (Å²) in [6, 6.07) is 9.30. The van der Waals surface area contributed by atoms with E-state index in [2.05, 4.69) is 15.7 Å². The lowest BCUT2D eigenvalue weighted by molar-refractivity contribution is -0.139. The molecule has 1 aromatic heterocycles. The summed E-state index contributed by atoms with van der Waals surface area (Å²) < 4.78 is 1.72. The molecule has 1 aromatic carbocycles. The lowest BCUT2D eigenvalue weighted by atomic mass is 9.85. The zero-order chi connectivity index (χ0) is 18.5. The maximum absolute atomic E-state index is 12.2. The van der Waals surface area contributed by atoms with Gasteiger partial charge in [0.15, 0.2) is 0 Å². The molecule has 0 aliphatic heterocycles. The van der Waals surface area contributed by atoms with E-state index >= 15 is 0 Å². The zero-order valence-corrected chi connectivity index (χ0v) is 14.6. The van der Waals surface area contributed by atoms with E-state index in [0.717, 1.165) is 18.5 Å². The number of aliphatic carboxylic acids is 1. The largest absolute Gasteiger partial charge is 0.480 e. The molecular weight excluding hydrogens is 334 g/mol. The Bertz CT molecular complexity index is 756. The summed E-state index contributed by atoms with van der Waals surface area (Å²) in [6.45, 7) is 2.68. The maximum atomic E-state index is 12.2. The van der Waals surface area contributed by atoms with Crippen molar-refractivity contribution in [2.75, 3.05) is 18.4 Å². The second-order valence-electron chi connectivity index (χ2n) is 6.38. The fourth-order valence-corrected chi connectivity index (χ4v) is 3.18. The minimum absolute atomic E-state index is 0.0420. The first-order valence-electron chi connectivity index (χ1n) is 8.68. The second-order valence-corrected chi connectivity index (χ2v) is 6.38. The van der Waals surface area contributed by atoms with E-state index in [4.69, 9.17) is 5.11 Å². The average molecular weight is 357 g/mol. The molecule has 0 bridgehead atoms. The van der Waals surface area contributed by atoms with Crippen molar-refractivity contribution >= 4 is 17.7 Å². The third kappa shape index (κ3) is 4.40. The van der Waals surface area contributed by atoms with Gasteiger partial charge in [0.25, 0.3) is 0 Å². The number of hydrogen-bond acceptors (Lipinski definition) is 4. The van der Waals surface area contributed by atoms with Crippen molar-refractivity contribution in [1.29, 1.82) is 0 Å². The number of aromatic nitrogens is 2. The van der Waals surface area contributed by atoms with Gasteiger partial charge in [-0.25, -0.2) is 9.48 Å². The summed E-state index contributed by atoms with van der Waals surface area (Å²) in [5.41, 5.74) is 1.55. The minimum Gasteiger partial charge on any atom is -0.480 e. The third-order valence-electron chi connectivity index (χ3n) is 4.58. The number of likely N-dealkylation sites (N-methyl/N-ethyl adjacent to an activating group) is 1. The van der Waals surface area contributed by atoms with Crippen LogP contribution in [0.2, 0.25) is 0 Å². The van der Waals surface area contributed by atoms with Gasteiger partial charge in [0.2, 0.25) is 0 Å². The van der Waals surface area contributed by atoms with Crippen LogP contribution < -0.4 is 10.6 Å². The summed E-state index contributed by atoms with van der Waals surface area (Å²) >= 11 is 0. The molecule has 2 amide bonds. The van der Waals surface area contributed by atoms with Gasteiger partial charge in [-0.1, -0.05) is 13.0 Å². The SMILES string of the molecule is CCN(CC(=O)O)C1CC(NC(=O)Nc2cccc(-n3cccn3)c2)C1. The van der Waals surface area contributed by atoms with Crippen LogP contribution in [0.1, 0.15) is 19.8 Å². The van der Waals surface area contributed by atoms with Crippen molar-refractivity contribution in [3.63, 3.8) is 0 Å². The zero-order valence-electron chi connectivity index (χ0n) is 14.6. The van der Waals surface area contributed by atoms with Gasteiger partial charge in [-0.2, -0.15) is 5.10 Å². The number of anilines is 1. The molecule has 0 radical (unpaired) electrons.